The molecule has 0 bridgehead atoms. The molecular weight excluding hydrogens is 280 g/mol. The van der Waals surface area contributed by atoms with Gasteiger partial charge in [-0.15, -0.1) is 11.3 Å². The van der Waals surface area contributed by atoms with Crippen molar-refractivity contribution in [1.82, 2.24) is 14.9 Å². The standard InChI is InChI=1S/C16H20N4S/c1-11(8-13-4-3-7-21-13)20(2)10-16-18-14-6-5-12(17)9-15(14)19-16/h3-7,9,11H,8,10,17H2,1-2H3,(H,18,19). The summed E-state index contributed by atoms with van der Waals surface area (Å²) in [5, 5.41) is 2.13. The normalized spacial score (nSPS) is 13.1. The number of rotatable bonds is 5. The average molecular weight is 300 g/mol. The lowest BCUT2D eigenvalue weighted by atomic mass is 10.2. The van der Waals surface area contributed by atoms with Gasteiger partial charge in [-0.25, -0.2) is 4.98 Å². The molecule has 110 valence electrons. The Morgan fingerprint density at radius 3 is 3.00 bits per heavy atom. The highest BCUT2D eigenvalue weighted by Gasteiger charge is 2.13. The number of H-pyrrole nitrogens is 1. The number of likely N-dealkylation sites (N-methyl/N-ethyl adjacent to an activating group) is 1. The molecular formula is C16H20N4S. The van der Waals surface area contributed by atoms with Crippen LogP contribution in [0.5, 0.6) is 0 Å². The predicted octanol–water partition coefficient (Wildman–Crippen LogP) is 3.27. The highest BCUT2D eigenvalue weighted by Crippen LogP contribution is 2.17. The van der Waals surface area contributed by atoms with E-state index < -0.39 is 0 Å². The number of thiophene rings is 1. The zero-order valence-electron chi connectivity index (χ0n) is 12.3. The van der Waals surface area contributed by atoms with E-state index in [-0.39, 0.29) is 0 Å². The molecule has 1 aromatic carbocycles. The third-order valence-electron chi connectivity index (χ3n) is 3.78. The fraction of sp³-hybridized carbons (Fsp3) is 0.312. The van der Waals surface area contributed by atoms with Crippen molar-refractivity contribution < 1.29 is 0 Å². The van der Waals surface area contributed by atoms with Crippen molar-refractivity contribution in [2.75, 3.05) is 12.8 Å². The second-order valence-electron chi connectivity index (χ2n) is 5.51. The monoisotopic (exact) mass is 300 g/mol. The summed E-state index contributed by atoms with van der Waals surface area (Å²) in [6, 6.07) is 10.5. The van der Waals surface area contributed by atoms with Crippen LogP contribution in [0.4, 0.5) is 5.69 Å². The summed E-state index contributed by atoms with van der Waals surface area (Å²) >= 11 is 1.82. The first-order chi connectivity index (χ1) is 10.1. The molecule has 0 fully saturated rings. The van der Waals surface area contributed by atoms with Gasteiger partial charge in [-0.3, -0.25) is 4.90 Å². The van der Waals surface area contributed by atoms with Crippen molar-refractivity contribution in [1.29, 1.82) is 0 Å². The number of fused-ring (bicyclic) bond motifs is 1. The van der Waals surface area contributed by atoms with E-state index in [1.165, 1.54) is 4.88 Å². The molecule has 0 aliphatic carbocycles. The highest BCUT2D eigenvalue weighted by molar-refractivity contribution is 7.09. The van der Waals surface area contributed by atoms with E-state index in [2.05, 4.69) is 46.4 Å². The predicted molar refractivity (Wildman–Crippen MR) is 89.5 cm³/mol. The number of hydrogen-bond donors (Lipinski definition) is 2. The number of aromatic amines is 1. The third-order valence-corrected chi connectivity index (χ3v) is 4.68. The number of imidazole rings is 1. The Balaban J connectivity index is 1.69. The summed E-state index contributed by atoms with van der Waals surface area (Å²) in [5.41, 5.74) is 8.54. The number of nitrogens with zero attached hydrogens (tertiary/aromatic N) is 2. The lowest BCUT2D eigenvalue weighted by molar-refractivity contribution is 0.244. The minimum absolute atomic E-state index is 0.474. The molecule has 5 heteroatoms. The van der Waals surface area contributed by atoms with Gasteiger partial charge in [-0.2, -0.15) is 0 Å². The molecule has 4 nitrogen and oxygen atoms in total. The molecule has 1 unspecified atom stereocenters. The molecule has 0 saturated carbocycles. The molecule has 21 heavy (non-hydrogen) atoms. The van der Waals surface area contributed by atoms with Crippen molar-refractivity contribution in [3.63, 3.8) is 0 Å². The topological polar surface area (TPSA) is 57.9 Å². The Morgan fingerprint density at radius 1 is 1.38 bits per heavy atom. The molecule has 0 radical (unpaired) electrons. The van der Waals surface area contributed by atoms with Gasteiger partial charge in [0, 0.05) is 16.6 Å². The molecule has 1 atom stereocenters. The van der Waals surface area contributed by atoms with E-state index >= 15 is 0 Å². The van der Waals surface area contributed by atoms with Crippen LogP contribution in [0.2, 0.25) is 0 Å². The lowest BCUT2D eigenvalue weighted by Gasteiger charge is -2.23. The first kappa shape index (κ1) is 14.1. The van der Waals surface area contributed by atoms with Crippen LogP contribution in [0, 0.1) is 0 Å². The number of nitrogen functional groups attached to an aromatic ring is 1. The van der Waals surface area contributed by atoms with Gasteiger partial charge in [-0.1, -0.05) is 6.07 Å². The summed E-state index contributed by atoms with van der Waals surface area (Å²) in [6.07, 6.45) is 1.07. The molecule has 0 aliphatic heterocycles. The van der Waals surface area contributed by atoms with Gasteiger partial charge in [0.05, 0.1) is 17.6 Å². The van der Waals surface area contributed by atoms with Gasteiger partial charge in [0.2, 0.25) is 0 Å². The molecule has 0 amide bonds. The van der Waals surface area contributed by atoms with Gasteiger partial charge >= 0.3 is 0 Å². The molecule has 0 spiro atoms. The van der Waals surface area contributed by atoms with Crippen LogP contribution in [0.25, 0.3) is 11.0 Å². The smallest absolute Gasteiger partial charge is 0.121 e. The molecule has 2 aromatic heterocycles. The maximum Gasteiger partial charge on any atom is 0.121 e. The molecule has 0 aliphatic rings. The second-order valence-corrected chi connectivity index (χ2v) is 6.54. The fourth-order valence-corrected chi connectivity index (χ4v) is 3.25. The van der Waals surface area contributed by atoms with E-state index in [1.807, 2.05) is 29.5 Å². The van der Waals surface area contributed by atoms with Gasteiger partial charge in [-0.05, 0) is 50.0 Å². The van der Waals surface area contributed by atoms with Gasteiger partial charge in [0.15, 0.2) is 0 Å². The van der Waals surface area contributed by atoms with E-state index in [0.29, 0.717) is 6.04 Å². The number of anilines is 1. The van der Waals surface area contributed by atoms with Crippen LogP contribution in [0.15, 0.2) is 35.7 Å². The number of aromatic nitrogens is 2. The lowest BCUT2D eigenvalue weighted by Crippen LogP contribution is -2.30. The summed E-state index contributed by atoms with van der Waals surface area (Å²) in [4.78, 5) is 11.7. The quantitative estimate of drug-likeness (QED) is 0.711. The first-order valence-corrected chi connectivity index (χ1v) is 7.96. The van der Waals surface area contributed by atoms with Crippen LogP contribution >= 0.6 is 11.3 Å². The maximum absolute atomic E-state index is 5.80. The van der Waals surface area contributed by atoms with E-state index in [4.69, 9.17) is 5.73 Å². The maximum atomic E-state index is 5.80. The average Bonchev–Trinajstić information content (AvgIpc) is 3.07. The Hall–Kier alpha value is -1.85. The van der Waals surface area contributed by atoms with Crippen LogP contribution in [-0.4, -0.2) is 28.0 Å². The highest BCUT2D eigenvalue weighted by atomic mass is 32.1. The van der Waals surface area contributed by atoms with Crippen molar-refractivity contribution in [2.24, 2.45) is 0 Å². The van der Waals surface area contributed by atoms with Gasteiger partial charge < -0.3 is 10.7 Å². The zero-order chi connectivity index (χ0) is 14.8. The Labute approximate surface area is 128 Å². The third kappa shape index (κ3) is 3.25. The van der Waals surface area contributed by atoms with Crippen LogP contribution in [-0.2, 0) is 13.0 Å². The summed E-state index contributed by atoms with van der Waals surface area (Å²) in [7, 11) is 2.14. The van der Waals surface area contributed by atoms with E-state index in [0.717, 1.165) is 35.5 Å². The van der Waals surface area contributed by atoms with Gasteiger partial charge in [0.25, 0.3) is 0 Å². The Morgan fingerprint density at radius 2 is 2.24 bits per heavy atom. The fourth-order valence-electron chi connectivity index (χ4n) is 2.42. The van der Waals surface area contributed by atoms with Crippen LogP contribution in [0.1, 0.15) is 17.6 Å². The largest absolute Gasteiger partial charge is 0.399 e. The summed E-state index contributed by atoms with van der Waals surface area (Å²) in [5.74, 6) is 0.983. The van der Waals surface area contributed by atoms with Crippen LogP contribution in [0.3, 0.4) is 0 Å². The summed E-state index contributed by atoms with van der Waals surface area (Å²) in [6.45, 7) is 3.06. The Kier molecular flexibility index (Phi) is 3.94. The Bertz CT molecular complexity index is 717. The SMILES string of the molecule is CC(Cc1cccs1)N(C)Cc1nc2ccc(N)cc2[nH]1. The first-order valence-electron chi connectivity index (χ1n) is 7.08. The van der Waals surface area contributed by atoms with Crippen LogP contribution < -0.4 is 5.73 Å². The summed E-state index contributed by atoms with van der Waals surface area (Å²) < 4.78 is 0. The number of nitrogens with one attached hydrogen (secondary N) is 1. The number of benzene rings is 1. The number of nitrogens with two attached hydrogens (primary N) is 1. The molecule has 3 N–H and O–H groups in total. The van der Waals surface area contributed by atoms with Crippen molar-refractivity contribution in [2.45, 2.75) is 25.9 Å². The van der Waals surface area contributed by atoms with Gasteiger partial charge in [0.1, 0.15) is 5.82 Å². The molecule has 3 rings (SSSR count). The molecule has 0 saturated heterocycles. The minimum Gasteiger partial charge on any atom is -0.399 e. The second kappa shape index (κ2) is 5.87. The zero-order valence-corrected chi connectivity index (χ0v) is 13.2. The van der Waals surface area contributed by atoms with Crippen molar-refractivity contribution >= 4 is 28.1 Å². The van der Waals surface area contributed by atoms with Crippen molar-refractivity contribution in [3.05, 3.63) is 46.4 Å². The molecule has 2 heterocycles. The number of hydrogen-bond acceptors (Lipinski definition) is 4. The van der Waals surface area contributed by atoms with E-state index in [1.54, 1.807) is 0 Å². The van der Waals surface area contributed by atoms with E-state index in [9.17, 15) is 0 Å². The molecule has 3 aromatic rings. The minimum atomic E-state index is 0.474. The van der Waals surface area contributed by atoms with Crippen molar-refractivity contribution in [3.8, 4) is 0 Å².